The van der Waals surface area contributed by atoms with Gasteiger partial charge in [0.1, 0.15) is 0 Å². The zero-order valence-electron chi connectivity index (χ0n) is 12.3. The van der Waals surface area contributed by atoms with Crippen molar-refractivity contribution in [1.82, 2.24) is 15.5 Å². The SMILES string of the molecule is O=C(NCCc1nc(-c2cccs2)no1)c1cccc([N+](=O)[O-])c1. The maximum Gasteiger partial charge on any atom is 0.270 e. The third-order valence-electron chi connectivity index (χ3n) is 3.15. The number of hydrogen-bond acceptors (Lipinski definition) is 7. The van der Waals surface area contributed by atoms with Gasteiger partial charge < -0.3 is 9.84 Å². The van der Waals surface area contributed by atoms with Crippen LogP contribution in [0.25, 0.3) is 10.7 Å². The third-order valence-corrected chi connectivity index (χ3v) is 4.02. The van der Waals surface area contributed by atoms with Crippen LogP contribution in [0.1, 0.15) is 16.2 Å². The van der Waals surface area contributed by atoms with Crippen molar-refractivity contribution < 1.29 is 14.2 Å². The van der Waals surface area contributed by atoms with Crippen molar-refractivity contribution in [1.29, 1.82) is 0 Å². The number of carbonyl (C=O) groups is 1. The molecule has 24 heavy (non-hydrogen) atoms. The largest absolute Gasteiger partial charge is 0.352 e. The van der Waals surface area contributed by atoms with Gasteiger partial charge in [-0.15, -0.1) is 11.3 Å². The third kappa shape index (κ3) is 3.63. The number of non-ortho nitro benzene ring substituents is 1. The summed E-state index contributed by atoms with van der Waals surface area (Å²) in [4.78, 5) is 27.3. The molecule has 0 saturated carbocycles. The summed E-state index contributed by atoms with van der Waals surface area (Å²) in [6, 6.07) is 9.35. The van der Waals surface area contributed by atoms with E-state index in [0.717, 1.165) is 4.88 Å². The molecule has 0 aliphatic carbocycles. The summed E-state index contributed by atoms with van der Waals surface area (Å²) in [5, 5.41) is 19.2. The Morgan fingerprint density at radius 1 is 1.33 bits per heavy atom. The molecule has 1 amide bonds. The number of amides is 1. The second-order valence-corrected chi connectivity index (χ2v) is 5.75. The summed E-state index contributed by atoms with van der Waals surface area (Å²) in [6.45, 7) is 0.285. The van der Waals surface area contributed by atoms with Crippen LogP contribution in [0, 0.1) is 10.1 Å². The van der Waals surface area contributed by atoms with Crippen LogP contribution >= 0.6 is 11.3 Å². The van der Waals surface area contributed by atoms with Crippen LogP contribution in [0.15, 0.2) is 46.3 Å². The van der Waals surface area contributed by atoms with E-state index in [1.165, 1.54) is 35.6 Å². The highest BCUT2D eigenvalue weighted by molar-refractivity contribution is 7.13. The Morgan fingerprint density at radius 3 is 2.96 bits per heavy atom. The number of thiophene rings is 1. The second kappa shape index (κ2) is 7.01. The van der Waals surface area contributed by atoms with E-state index in [0.29, 0.717) is 18.1 Å². The van der Waals surface area contributed by atoms with Crippen LogP contribution < -0.4 is 5.32 Å². The number of nitrogens with zero attached hydrogens (tertiary/aromatic N) is 3. The zero-order chi connectivity index (χ0) is 16.9. The average Bonchev–Trinajstić information content (AvgIpc) is 3.26. The lowest BCUT2D eigenvalue weighted by Crippen LogP contribution is -2.25. The van der Waals surface area contributed by atoms with Crippen molar-refractivity contribution in [3.63, 3.8) is 0 Å². The first-order valence-electron chi connectivity index (χ1n) is 7.02. The highest BCUT2D eigenvalue weighted by Gasteiger charge is 2.12. The molecule has 8 nitrogen and oxygen atoms in total. The van der Waals surface area contributed by atoms with Crippen LogP contribution in [0.3, 0.4) is 0 Å². The molecule has 0 unspecified atom stereocenters. The maximum absolute atomic E-state index is 12.0. The van der Waals surface area contributed by atoms with Gasteiger partial charge in [0.15, 0.2) is 0 Å². The molecule has 1 aromatic carbocycles. The van der Waals surface area contributed by atoms with Crippen LogP contribution in [0.5, 0.6) is 0 Å². The van der Waals surface area contributed by atoms with Gasteiger partial charge in [-0.3, -0.25) is 14.9 Å². The summed E-state index contributed by atoms with van der Waals surface area (Å²) >= 11 is 1.51. The smallest absolute Gasteiger partial charge is 0.270 e. The molecule has 9 heteroatoms. The Kier molecular flexibility index (Phi) is 4.62. The van der Waals surface area contributed by atoms with Gasteiger partial charge in [0.25, 0.3) is 11.6 Å². The Labute approximate surface area is 140 Å². The van der Waals surface area contributed by atoms with Gasteiger partial charge in [0.2, 0.25) is 11.7 Å². The first kappa shape index (κ1) is 15.8. The maximum atomic E-state index is 12.0. The minimum atomic E-state index is -0.540. The lowest BCUT2D eigenvalue weighted by atomic mass is 10.2. The molecule has 2 heterocycles. The van der Waals surface area contributed by atoms with E-state index in [-0.39, 0.29) is 17.8 Å². The van der Waals surface area contributed by atoms with Gasteiger partial charge in [-0.05, 0) is 17.5 Å². The Balaban J connectivity index is 1.55. The summed E-state index contributed by atoms with van der Waals surface area (Å²) in [6.07, 6.45) is 0.374. The second-order valence-electron chi connectivity index (χ2n) is 4.80. The molecule has 0 aliphatic heterocycles. The summed E-state index contributed by atoms with van der Waals surface area (Å²) in [5.41, 5.74) is 0.106. The average molecular weight is 344 g/mol. The summed E-state index contributed by atoms with van der Waals surface area (Å²) in [7, 11) is 0. The van der Waals surface area contributed by atoms with Crippen molar-refractivity contribution in [2.24, 2.45) is 0 Å². The first-order valence-corrected chi connectivity index (χ1v) is 7.90. The van der Waals surface area contributed by atoms with Crippen molar-refractivity contribution in [3.8, 4) is 10.7 Å². The Morgan fingerprint density at radius 2 is 2.21 bits per heavy atom. The van der Waals surface area contributed by atoms with E-state index >= 15 is 0 Å². The molecule has 122 valence electrons. The van der Waals surface area contributed by atoms with Crippen molar-refractivity contribution in [2.45, 2.75) is 6.42 Å². The first-order chi connectivity index (χ1) is 11.6. The monoisotopic (exact) mass is 344 g/mol. The van der Waals surface area contributed by atoms with E-state index in [4.69, 9.17) is 4.52 Å². The summed E-state index contributed by atoms with van der Waals surface area (Å²) < 4.78 is 5.13. The normalized spacial score (nSPS) is 10.5. The number of rotatable bonds is 6. The van der Waals surface area contributed by atoms with Gasteiger partial charge in [-0.25, -0.2) is 0 Å². The molecule has 0 bridgehead atoms. The Bertz CT molecular complexity index is 860. The lowest BCUT2D eigenvalue weighted by molar-refractivity contribution is -0.384. The number of carbonyl (C=O) groups excluding carboxylic acids is 1. The number of aromatic nitrogens is 2. The van der Waals surface area contributed by atoms with Crippen LogP contribution in [0.4, 0.5) is 5.69 Å². The molecule has 0 radical (unpaired) electrons. The molecule has 2 aromatic heterocycles. The van der Waals surface area contributed by atoms with Crippen LogP contribution in [-0.2, 0) is 6.42 Å². The zero-order valence-corrected chi connectivity index (χ0v) is 13.2. The molecule has 0 atom stereocenters. The van der Waals surface area contributed by atoms with Crippen molar-refractivity contribution in [2.75, 3.05) is 6.54 Å². The lowest BCUT2D eigenvalue weighted by Gasteiger charge is -2.03. The number of hydrogen-bond donors (Lipinski definition) is 1. The van der Waals surface area contributed by atoms with E-state index in [2.05, 4.69) is 15.5 Å². The number of nitro groups is 1. The topological polar surface area (TPSA) is 111 Å². The van der Waals surface area contributed by atoms with Gasteiger partial charge >= 0.3 is 0 Å². The van der Waals surface area contributed by atoms with E-state index in [1.54, 1.807) is 0 Å². The molecule has 1 N–H and O–H groups in total. The van der Waals surface area contributed by atoms with Crippen molar-refractivity contribution in [3.05, 3.63) is 63.3 Å². The van der Waals surface area contributed by atoms with Crippen LogP contribution in [-0.4, -0.2) is 27.5 Å². The predicted molar refractivity (Wildman–Crippen MR) is 86.7 cm³/mol. The molecule has 0 fully saturated rings. The Hall–Kier alpha value is -3.07. The van der Waals surface area contributed by atoms with Gasteiger partial charge in [-0.2, -0.15) is 4.98 Å². The van der Waals surface area contributed by atoms with Gasteiger partial charge in [0.05, 0.1) is 9.80 Å². The van der Waals surface area contributed by atoms with Crippen molar-refractivity contribution >= 4 is 22.9 Å². The predicted octanol–water partition coefficient (Wildman–Crippen LogP) is 2.68. The number of benzene rings is 1. The molecular formula is C15H12N4O4S. The fourth-order valence-electron chi connectivity index (χ4n) is 2.01. The van der Waals surface area contributed by atoms with E-state index in [9.17, 15) is 14.9 Å². The highest BCUT2D eigenvalue weighted by atomic mass is 32.1. The quantitative estimate of drug-likeness (QED) is 0.543. The molecule has 0 saturated heterocycles. The standard InChI is InChI=1S/C15H12N4O4S/c20-15(10-3-1-4-11(9-10)19(21)22)16-7-6-13-17-14(18-23-13)12-5-2-8-24-12/h1-5,8-9H,6-7H2,(H,16,20). The highest BCUT2D eigenvalue weighted by Crippen LogP contribution is 2.21. The minimum absolute atomic E-state index is 0.125. The van der Waals surface area contributed by atoms with E-state index in [1.807, 2.05) is 17.5 Å². The molecule has 3 aromatic rings. The fraction of sp³-hybridized carbons (Fsp3) is 0.133. The molecular weight excluding hydrogens is 332 g/mol. The molecule has 0 aliphatic rings. The van der Waals surface area contributed by atoms with Gasteiger partial charge in [0, 0.05) is 30.7 Å². The van der Waals surface area contributed by atoms with E-state index < -0.39 is 10.8 Å². The molecule has 0 spiro atoms. The fourth-order valence-corrected chi connectivity index (χ4v) is 2.66. The summed E-state index contributed by atoms with van der Waals surface area (Å²) in [5.74, 6) is 0.541. The molecule has 3 rings (SSSR count). The minimum Gasteiger partial charge on any atom is -0.352 e. The number of nitro benzene ring substituents is 1. The van der Waals surface area contributed by atoms with Gasteiger partial charge in [-0.1, -0.05) is 17.3 Å². The number of nitrogens with one attached hydrogen (secondary N) is 1. The van der Waals surface area contributed by atoms with Crippen LogP contribution in [0.2, 0.25) is 0 Å².